The van der Waals surface area contributed by atoms with E-state index in [9.17, 15) is 0 Å². The molecule has 0 amide bonds. The molecule has 10 rings (SSSR count). The molecule has 1 unspecified atom stereocenters. The van der Waals surface area contributed by atoms with Crippen LogP contribution in [0.5, 0.6) is 0 Å². The summed E-state index contributed by atoms with van der Waals surface area (Å²) < 4.78 is 13.6. The predicted octanol–water partition coefficient (Wildman–Crippen LogP) is 11.0. The topological polar surface area (TPSA) is 26.3 Å². The van der Waals surface area contributed by atoms with Gasteiger partial charge in [-0.25, -0.2) is 0 Å². The highest BCUT2D eigenvalue weighted by atomic mass is 31.1. The number of para-hydroxylation sites is 1. The Balaban J connectivity index is 1.42. The van der Waals surface area contributed by atoms with Crippen molar-refractivity contribution in [1.82, 2.24) is 0 Å². The summed E-state index contributed by atoms with van der Waals surface area (Å²) in [6, 6.07) is 62.0. The number of hydrogen-bond acceptors (Lipinski definition) is 2. The number of benzene rings is 7. The van der Waals surface area contributed by atoms with Crippen molar-refractivity contribution in [3.63, 3.8) is 0 Å². The Labute approximate surface area is 311 Å². The summed E-state index contributed by atoms with van der Waals surface area (Å²) in [7, 11) is -1.97. The molecule has 2 aromatic heterocycles. The van der Waals surface area contributed by atoms with Gasteiger partial charge in [-0.05, 0) is 84.4 Å². The molecule has 53 heavy (non-hydrogen) atoms. The van der Waals surface area contributed by atoms with E-state index in [0.717, 1.165) is 39.7 Å². The molecule has 0 saturated heterocycles. The molecule has 0 saturated carbocycles. The Kier molecular flexibility index (Phi) is 8.17. The molecular weight excluding hydrogens is 682 g/mol. The second-order valence-corrected chi connectivity index (χ2v) is 18.1. The lowest BCUT2D eigenvalue weighted by atomic mass is 9.90. The van der Waals surface area contributed by atoms with Gasteiger partial charge in [0.15, 0.2) is 0 Å². The van der Waals surface area contributed by atoms with Gasteiger partial charge in [0.1, 0.15) is 22.5 Å². The van der Waals surface area contributed by atoms with Gasteiger partial charge in [-0.1, -0.05) is 159 Å². The van der Waals surface area contributed by atoms with Gasteiger partial charge in [0.25, 0.3) is 0 Å². The minimum absolute atomic E-state index is 0.291. The van der Waals surface area contributed by atoms with Crippen molar-refractivity contribution in [1.29, 1.82) is 0 Å². The van der Waals surface area contributed by atoms with Crippen LogP contribution in [0.1, 0.15) is 30.6 Å². The summed E-state index contributed by atoms with van der Waals surface area (Å²) >= 11 is 0. The highest BCUT2D eigenvalue weighted by Gasteiger charge is 2.32. The molecule has 4 heteroatoms. The van der Waals surface area contributed by atoms with Crippen LogP contribution < -0.4 is 31.8 Å². The molecule has 254 valence electrons. The number of fused-ring (bicyclic) bond motifs is 6. The molecule has 2 nitrogen and oxygen atoms in total. The van der Waals surface area contributed by atoms with Crippen molar-refractivity contribution >= 4 is 86.7 Å². The zero-order valence-corrected chi connectivity index (χ0v) is 31.1. The summed E-state index contributed by atoms with van der Waals surface area (Å²) in [6.45, 7) is 2.28. The van der Waals surface area contributed by atoms with Crippen LogP contribution in [0.2, 0.25) is 0 Å². The standard InChI is InChI=1S/C49H36O2P2/c1-33-17-16-27-39-46-42(51-49(33)39)30-32-44(53(36-22-10-4-11-23-36)37-24-12-5-13-25-37)48(46)47-43(31-29-41-45(47)38-26-14-15-28-40(38)50-41)52(34-18-6-2-7-19-34)35-20-8-3-9-21-35/h2-16,18-33H,17H2,1H3. The molecule has 9 aromatic rings. The number of rotatable bonds is 7. The van der Waals surface area contributed by atoms with Crippen LogP contribution in [-0.2, 0) is 0 Å². The average molecular weight is 719 g/mol. The lowest BCUT2D eigenvalue weighted by Crippen LogP contribution is -2.26. The summed E-state index contributed by atoms with van der Waals surface area (Å²) in [5, 5.41) is 11.4. The quantitative estimate of drug-likeness (QED) is 0.153. The number of allylic oxidation sites excluding steroid dienone is 1. The Morgan fingerprint density at radius 2 is 0.906 bits per heavy atom. The third kappa shape index (κ3) is 5.49. The maximum Gasteiger partial charge on any atom is 0.136 e. The van der Waals surface area contributed by atoms with E-state index in [-0.39, 0.29) is 0 Å². The molecule has 1 aliphatic carbocycles. The predicted molar refractivity (Wildman–Crippen MR) is 228 cm³/mol. The molecule has 0 radical (unpaired) electrons. The Hall–Kier alpha value is -5.52. The summed E-state index contributed by atoms with van der Waals surface area (Å²) in [4.78, 5) is 0. The average Bonchev–Trinajstić information content (AvgIpc) is 3.80. The minimum atomic E-state index is -0.984. The number of hydrogen-bond donors (Lipinski definition) is 0. The normalized spacial score (nSPS) is 14.1. The maximum absolute atomic E-state index is 6.90. The van der Waals surface area contributed by atoms with Crippen molar-refractivity contribution < 1.29 is 8.83 Å². The van der Waals surface area contributed by atoms with Gasteiger partial charge < -0.3 is 8.83 Å². The van der Waals surface area contributed by atoms with Crippen molar-refractivity contribution in [3.8, 4) is 11.1 Å². The fourth-order valence-electron chi connectivity index (χ4n) is 8.10. The van der Waals surface area contributed by atoms with Crippen LogP contribution in [-0.4, -0.2) is 0 Å². The largest absolute Gasteiger partial charge is 0.460 e. The first-order valence-electron chi connectivity index (χ1n) is 18.3. The van der Waals surface area contributed by atoms with E-state index < -0.39 is 15.8 Å². The molecule has 0 aliphatic heterocycles. The minimum Gasteiger partial charge on any atom is -0.460 e. The third-order valence-electron chi connectivity index (χ3n) is 10.4. The van der Waals surface area contributed by atoms with Crippen LogP contribution in [0.25, 0.3) is 50.1 Å². The fraction of sp³-hybridized carbons (Fsp3) is 0.0612. The maximum atomic E-state index is 6.90. The molecule has 0 N–H and O–H groups in total. The first-order chi connectivity index (χ1) is 26.2. The monoisotopic (exact) mass is 718 g/mol. The molecule has 0 spiro atoms. The highest BCUT2D eigenvalue weighted by Crippen LogP contribution is 2.50. The van der Waals surface area contributed by atoms with Crippen LogP contribution in [0, 0.1) is 0 Å². The molecule has 1 aliphatic rings. The SMILES string of the molecule is CC1CC=Cc2c1oc1ccc(P(c3ccccc3)c3ccccc3)c(-c3c(P(c4ccccc4)c4ccccc4)ccc4oc5ccccc5c34)c21. The fourth-order valence-corrected chi connectivity index (χ4v) is 13.0. The van der Waals surface area contributed by atoms with E-state index in [1.807, 2.05) is 0 Å². The lowest BCUT2D eigenvalue weighted by molar-refractivity contribution is 0.504. The van der Waals surface area contributed by atoms with Crippen molar-refractivity contribution in [2.24, 2.45) is 0 Å². The molecule has 2 heterocycles. The van der Waals surface area contributed by atoms with Gasteiger partial charge in [0, 0.05) is 38.8 Å². The third-order valence-corrected chi connectivity index (χ3v) is 15.4. The zero-order valence-electron chi connectivity index (χ0n) is 29.3. The van der Waals surface area contributed by atoms with E-state index in [4.69, 9.17) is 8.83 Å². The van der Waals surface area contributed by atoms with E-state index >= 15 is 0 Å². The number of furan rings is 2. The van der Waals surface area contributed by atoms with Crippen LogP contribution in [0.4, 0.5) is 0 Å². The first kappa shape index (κ1) is 32.2. The smallest absolute Gasteiger partial charge is 0.136 e. The molecule has 0 fully saturated rings. The van der Waals surface area contributed by atoms with Gasteiger partial charge in [0.05, 0.1) is 0 Å². The van der Waals surface area contributed by atoms with Gasteiger partial charge in [-0.2, -0.15) is 0 Å². The molecular formula is C49H36O2P2. The van der Waals surface area contributed by atoms with Crippen molar-refractivity contribution in [2.45, 2.75) is 19.3 Å². The molecule has 0 bridgehead atoms. The Morgan fingerprint density at radius 1 is 0.453 bits per heavy atom. The van der Waals surface area contributed by atoms with Gasteiger partial charge in [0.2, 0.25) is 0 Å². The summed E-state index contributed by atoms with van der Waals surface area (Å²) in [5.41, 5.74) is 6.41. The highest BCUT2D eigenvalue weighted by molar-refractivity contribution is 7.80. The van der Waals surface area contributed by atoms with Crippen LogP contribution in [0.15, 0.2) is 185 Å². The van der Waals surface area contributed by atoms with Gasteiger partial charge in [-0.15, -0.1) is 0 Å². The lowest BCUT2D eigenvalue weighted by Gasteiger charge is -2.27. The molecule has 1 atom stereocenters. The van der Waals surface area contributed by atoms with E-state index in [2.05, 4.69) is 189 Å². The molecule has 7 aromatic carbocycles. The van der Waals surface area contributed by atoms with Gasteiger partial charge in [-0.3, -0.25) is 0 Å². The zero-order chi connectivity index (χ0) is 35.3. The van der Waals surface area contributed by atoms with E-state index in [1.165, 1.54) is 53.9 Å². The van der Waals surface area contributed by atoms with Crippen molar-refractivity contribution in [2.75, 3.05) is 0 Å². The summed E-state index contributed by atoms with van der Waals surface area (Å²) in [6.07, 6.45) is 5.60. The Morgan fingerprint density at radius 3 is 1.43 bits per heavy atom. The first-order valence-corrected chi connectivity index (χ1v) is 20.9. The second-order valence-electron chi connectivity index (χ2n) is 13.7. The second kappa shape index (κ2) is 13.5. The van der Waals surface area contributed by atoms with E-state index in [1.54, 1.807) is 0 Å². The van der Waals surface area contributed by atoms with Crippen LogP contribution in [0.3, 0.4) is 0 Å². The van der Waals surface area contributed by atoms with Gasteiger partial charge >= 0.3 is 0 Å². The van der Waals surface area contributed by atoms with Crippen molar-refractivity contribution in [3.05, 3.63) is 187 Å². The summed E-state index contributed by atoms with van der Waals surface area (Å²) in [5.74, 6) is 1.36. The Bertz CT molecular complexity index is 2690. The van der Waals surface area contributed by atoms with E-state index in [0.29, 0.717) is 5.92 Å². The van der Waals surface area contributed by atoms with Crippen LogP contribution >= 0.6 is 15.8 Å².